The summed E-state index contributed by atoms with van der Waals surface area (Å²) in [6, 6.07) is 13.6. The van der Waals surface area contributed by atoms with Crippen molar-refractivity contribution in [2.24, 2.45) is 10.9 Å². The van der Waals surface area contributed by atoms with Gasteiger partial charge >= 0.3 is 6.03 Å². The van der Waals surface area contributed by atoms with Crippen molar-refractivity contribution in [2.45, 2.75) is 13.8 Å². The molecule has 3 rings (SSSR count). The third kappa shape index (κ3) is 3.33. The van der Waals surface area contributed by atoms with Crippen molar-refractivity contribution in [3.05, 3.63) is 59.7 Å². The van der Waals surface area contributed by atoms with Crippen LogP contribution in [0, 0.1) is 19.8 Å². The summed E-state index contributed by atoms with van der Waals surface area (Å²) in [6.07, 6.45) is 1.29. The third-order valence-electron chi connectivity index (χ3n) is 3.94. The first kappa shape index (κ1) is 16.6. The Morgan fingerprint density at radius 1 is 1.04 bits per heavy atom. The second-order valence-corrected chi connectivity index (χ2v) is 5.85. The quantitative estimate of drug-likeness (QED) is 0.692. The minimum Gasteiger partial charge on any atom is -0.276 e. The van der Waals surface area contributed by atoms with Crippen LogP contribution in [0.2, 0.25) is 0 Å². The molecule has 4 amide bonds. The van der Waals surface area contributed by atoms with Crippen molar-refractivity contribution in [1.29, 1.82) is 0 Å². The Morgan fingerprint density at radius 3 is 2.52 bits per heavy atom. The fraction of sp³-hybridized carbons (Fsp3) is 0.158. The Labute approximate surface area is 145 Å². The number of hydrogen-bond acceptors (Lipinski definition) is 4. The van der Waals surface area contributed by atoms with Crippen LogP contribution in [0.4, 0.5) is 16.2 Å². The summed E-state index contributed by atoms with van der Waals surface area (Å²) < 4.78 is 0. The minimum atomic E-state index is -1.15. The number of imide groups is 2. The molecule has 6 heteroatoms. The zero-order valence-electron chi connectivity index (χ0n) is 13.9. The van der Waals surface area contributed by atoms with Gasteiger partial charge in [0.05, 0.1) is 11.4 Å². The molecule has 0 unspecified atom stereocenters. The number of aryl methyl sites for hydroxylation is 2. The molecular weight excluding hydrogens is 318 g/mol. The number of barbiturate groups is 1. The molecule has 126 valence electrons. The standard InChI is InChI=1S/C19H17N3O3/c1-12-6-5-8-14(10-12)22-18(24)15(17(23)21-19(22)25)11-20-16-9-4-3-7-13(16)2/h3-11,15H,1-2H3,(H,21,23,25)/t15-/m0/s1. The van der Waals surface area contributed by atoms with E-state index in [1.165, 1.54) is 6.21 Å². The van der Waals surface area contributed by atoms with Crippen molar-refractivity contribution in [1.82, 2.24) is 5.32 Å². The predicted molar refractivity (Wildman–Crippen MR) is 95.0 cm³/mol. The van der Waals surface area contributed by atoms with Crippen LogP contribution >= 0.6 is 0 Å². The second-order valence-electron chi connectivity index (χ2n) is 5.85. The highest BCUT2D eigenvalue weighted by Crippen LogP contribution is 2.22. The molecule has 1 heterocycles. The van der Waals surface area contributed by atoms with E-state index in [1.54, 1.807) is 24.3 Å². The van der Waals surface area contributed by atoms with Crippen molar-refractivity contribution in [3.63, 3.8) is 0 Å². The van der Waals surface area contributed by atoms with Crippen molar-refractivity contribution < 1.29 is 14.4 Å². The van der Waals surface area contributed by atoms with Crippen LogP contribution in [0.25, 0.3) is 0 Å². The Bertz CT molecular complexity index is 889. The summed E-state index contributed by atoms with van der Waals surface area (Å²) in [6.45, 7) is 3.75. The van der Waals surface area contributed by atoms with Gasteiger partial charge in [0.2, 0.25) is 5.91 Å². The lowest BCUT2D eigenvalue weighted by Crippen LogP contribution is -2.58. The molecule has 1 aliphatic heterocycles. The van der Waals surface area contributed by atoms with Crippen LogP contribution in [0.3, 0.4) is 0 Å². The number of para-hydroxylation sites is 1. The summed E-state index contributed by atoms with van der Waals surface area (Å²) in [5.41, 5.74) is 2.92. The van der Waals surface area contributed by atoms with Gasteiger partial charge in [0.1, 0.15) is 0 Å². The molecule has 0 bridgehead atoms. The van der Waals surface area contributed by atoms with Gasteiger partial charge in [0.15, 0.2) is 5.92 Å². The number of hydrogen-bond donors (Lipinski definition) is 1. The molecule has 0 spiro atoms. The van der Waals surface area contributed by atoms with Gasteiger partial charge in [0, 0.05) is 6.21 Å². The van der Waals surface area contributed by atoms with E-state index in [4.69, 9.17) is 0 Å². The largest absolute Gasteiger partial charge is 0.335 e. The van der Waals surface area contributed by atoms with Crippen molar-refractivity contribution >= 4 is 35.4 Å². The number of benzene rings is 2. The number of nitrogens with one attached hydrogen (secondary N) is 1. The highest BCUT2D eigenvalue weighted by molar-refractivity contribution is 6.32. The molecule has 25 heavy (non-hydrogen) atoms. The smallest absolute Gasteiger partial charge is 0.276 e. The van der Waals surface area contributed by atoms with Crippen LogP contribution < -0.4 is 10.2 Å². The third-order valence-corrected chi connectivity index (χ3v) is 3.94. The molecule has 2 aromatic carbocycles. The minimum absolute atomic E-state index is 0.421. The van der Waals surface area contributed by atoms with Crippen LogP contribution in [0.15, 0.2) is 53.5 Å². The zero-order valence-corrected chi connectivity index (χ0v) is 13.9. The van der Waals surface area contributed by atoms with Gasteiger partial charge in [-0.3, -0.25) is 19.9 Å². The van der Waals surface area contributed by atoms with E-state index in [1.807, 2.05) is 38.1 Å². The van der Waals surface area contributed by atoms with Gasteiger partial charge in [-0.15, -0.1) is 0 Å². The molecule has 0 radical (unpaired) electrons. The number of carbonyl (C=O) groups excluding carboxylic acids is 3. The van der Waals surface area contributed by atoms with Gasteiger partial charge in [0.25, 0.3) is 5.91 Å². The summed E-state index contributed by atoms with van der Waals surface area (Å²) in [7, 11) is 0. The van der Waals surface area contributed by atoms with Gasteiger partial charge in [-0.05, 0) is 43.2 Å². The van der Waals surface area contributed by atoms with E-state index >= 15 is 0 Å². The van der Waals surface area contributed by atoms with Crippen LogP contribution in [0.5, 0.6) is 0 Å². The second kappa shape index (κ2) is 6.68. The highest BCUT2D eigenvalue weighted by Gasteiger charge is 2.40. The van der Waals surface area contributed by atoms with E-state index in [2.05, 4.69) is 10.3 Å². The van der Waals surface area contributed by atoms with Crippen LogP contribution in [-0.4, -0.2) is 24.1 Å². The summed E-state index contributed by atoms with van der Waals surface area (Å²) in [5.74, 6) is -2.44. The van der Waals surface area contributed by atoms with Crippen LogP contribution in [0.1, 0.15) is 11.1 Å². The Balaban J connectivity index is 1.92. The molecule has 2 aromatic rings. The molecule has 0 aromatic heterocycles. The van der Waals surface area contributed by atoms with E-state index in [9.17, 15) is 14.4 Å². The molecule has 1 N–H and O–H groups in total. The fourth-order valence-electron chi connectivity index (χ4n) is 2.60. The summed E-state index contributed by atoms with van der Waals surface area (Å²) in [5, 5.41) is 2.21. The average Bonchev–Trinajstić information content (AvgIpc) is 2.56. The average molecular weight is 335 g/mol. The summed E-state index contributed by atoms with van der Waals surface area (Å²) in [4.78, 5) is 42.2. The number of aliphatic imine (C=N–C) groups is 1. The van der Waals surface area contributed by atoms with Gasteiger partial charge in [-0.25, -0.2) is 9.69 Å². The predicted octanol–water partition coefficient (Wildman–Crippen LogP) is 2.90. The first-order valence-corrected chi connectivity index (χ1v) is 7.82. The van der Waals surface area contributed by atoms with E-state index in [0.717, 1.165) is 16.0 Å². The number of rotatable bonds is 3. The maximum Gasteiger partial charge on any atom is 0.335 e. The molecule has 1 atom stereocenters. The number of anilines is 1. The highest BCUT2D eigenvalue weighted by atomic mass is 16.2. The first-order chi connectivity index (χ1) is 12.0. The van der Waals surface area contributed by atoms with Gasteiger partial charge in [-0.1, -0.05) is 30.3 Å². The fourth-order valence-corrected chi connectivity index (χ4v) is 2.60. The Morgan fingerprint density at radius 2 is 1.80 bits per heavy atom. The van der Waals surface area contributed by atoms with Crippen molar-refractivity contribution in [3.8, 4) is 0 Å². The number of nitrogens with zero attached hydrogens (tertiary/aromatic N) is 2. The number of amides is 4. The zero-order chi connectivity index (χ0) is 18.0. The van der Waals surface area contributed by atoms with Crippen LogP contribution in [-0.2, 0) is 9.59 Å². The molecule has 1 saturated heterocycles. The lowest BCUT2D eigenvalue weighted by atomic mass is 10.1. The van der Waals surface area contributed by atoms with Gasteiger partial charge in [-0.2, -0.15) is 0 Å². The molecule has 1 fully saturated rings. The molecular formula is C19H17N3O3. The monoisotopic (exact) mass is 335 g/mol. The Kier molecular flexibility index (Phi) is 4.43. The normalized spacial score (nSPS) is 17.9. The summed E-state index contributed by atoms with van der Waals surface area (Å²) >= 11 is 0. The lowest BCUT2D eigenvalue weighted by molar-refractivity contribution is -0.131. The maximum atomic E-state index is 12.7. The van der Waals surface area contributed by atoms with Gasteiger partial charge < -0.3 is 0 Å². The Hall–Kier alpha value is -3.28. The molecule has 6 nitrogen and oxygen atoms in total. The van der Waals surface area contributed by atoms with E-state index in [-0.39, 0.29) is 0 Å². The first-order valence-electron chi connectivity index (χ1n) is 7.82. The number of carbonyl (C=O) groups is 3. The molecule has 0 saturated carbocycles. The molecule has 0 aliphatic carbocycles. The van der Waals surface area contributed by atoms with Crippen molar-refractivity contribution in [2.75, 3.05) is 4.90 Å². The topological polar surface area (TPSA) is 78.8 Å². The number of urea groups is 1. The SMILES string of the molecule is Cc1cccc(N2C(=O)NC(=O)[C@H](C=Nc3ccccc3C)C2=O)c1. The lowest BCUT2D eigenvalue weighted by Gasteiger charge is -2.28. The van der Waals surface area contributed by atoms with E-state index < -0.39 is 23.8 Å². The van der Waals surface area contributed by atoms with E-state index in [0.29, 0.717) is 11.4 Å². The molecule has 1 aliphatic rings. The maximum absolute atomic E-state index is 12.7.